The molecule has 0 aliphatic carbocycles. The van der Waals surface area contributed by atoms with Crippen molar-refractivity contribution in [1.29, 1.82) is 0 Å². The smallest absolute Gasteiger partial charge is 0.150 e. The fourth-order valence-corrected chi connectivity index (χ4v) is 2.15. The van der Waals surface area contributed by atoms with E-state index in [1.54, 1.807) is 0 Å². The van der Waals surface area contributed by atoms with E-state index in [0.29, 0.717) is 12.3 Å². The molecule has 1 aliphatic heterocycles. The molecular formula is C12H14BrNO. The van der Waals surface area contributed by atoms with Crippen molar-refractivity contribution < 1.29 is 4.79 Å². The lowest BCUT2D eigenvalue weighted by molar-refractivity contribution is -0.119. The molecule has 0 bridgehead atoms. The van der Waals surface area contributed by atoms with Crippen molar-refractivity contribution in [2.75, 3.05) is 13.1 Å². The minimum atomic E-state index is 0.230. The van der Waals surface area contributed by atoms with Gasteiger partial charge in [0.25, 0.3) is 0 Å². The highest BCUT2D eigenvalue weighted by atomic mass is 79.9. The van der Waals surface area contributed by atoms with Gasteiger partial charge in [-0.2, -0.15) is 0 Å². The van der Waals surface area contributed by atoms with E-state index in [0.717, 1.165) is 23.9 Å². The fraction of sp³-hybridized carbons (Fsp3) is 0.417. The Labute approximate surface area is 98.2 Å². The molecule has 0 amide bonds. The van der Waals surface area contributed by atoms with Crippen molar-refractivity contribution in [1.82, 2.24) is 5.32 Å². The molecule has 0 saturated carbocycles. The van der Waals surface area contributed by atoms with Gasteiger partial charge in [-0.1, -0.05) is 28.1 Å². The van der Waals surface area contributed by atoms with Gasteiger partial charge < -0.3 is 5.32 Å². The van der Waals surface area contributed by atoms with E-state index < -0.39 is 0 Å². The molecule has 1 atom stereocenters. The number of hydrogen-bond donors (Lipinski definition) is 1. The van der Waals surface area contributed by atoms with Gasteiger partial charge in [0, 0.05) is 16.9 Å². The van der Waals surface area contributed by atoms with Crippen LogP contribution in [0.25, 0.3) is 0 Å². The Balaban J connectivity index is 1.87. The van der Waals surface area contributed by atoms with Gasteiger partial charge >= 0.3 is 0 Å². The number of carbonyl (C=O) groups is 1. The van der Waals surface area contributed by atoms with Crippen LogP contribution in [0.3, 0.4) is 0 Å². The Morgan fingerprint density at radius 1 is 1.33 bits per heavy atom. The number of ketones is 1. The Bertz CT molecular complexity index is 347. The van der Waals surface area contributed by atoms with E-state index in [9.17, 15) is 4.79 Å². The summed E-state index contributed by atoms with van der Waals surface area (Å²) >= 11 is 3.41. The average molecular weight is 268 g/mol. The van der Waals surface area contributed by atoms with Gasteiger partial charge in [-0.25, -0.2) is 0 Å². The lowest BCUT2D eigenvalue weighted by Crippen LogP contribution is -2.12. The van der Waals surface area contributed by atoms with Crippen LogP contribution in [0, 0.1) is 5.92 Å². The van der Waals surface area contributed by atoms with Crippen LogP contribution < -0.4 is 5.32 Å². The summed E-state index contributed by atoms with van der Waals surface area (Å²) in [5.41, 5.74) is 1.30. The number of Topliss-reactive ketones (excluding diaryl/α,β-unsaturated/α-hetero) is 1. The maximum Gasteiger partial charge on any atom is 0.150 e. The summed E-state index contributed by atoms with van der Waals surface area (Å²) in [5.74, 6) is 0.598. The minimum absolute atomic E-state index is 0.230. The molecular weight excluding hydrogens is 254 g/mol. The topological polar surface area (TPSA) is 29.1 Å². The van der Waals surface area contributed by atoms with Crippen LogP contribution in [0.5, 0.6) is 0 Å². The molecule has 1 aliphatic rings. The van der Waals surface area contributed by atoms with Crippen LogP contribution in [0.1, 0.15) is 12.0 Å². The molecule has 1 N–H and O–H groups in total. The van der Waals surface area contributed by atoms with Crippen LogP contribution in [-0.2, 0) is 11.2 Å². The lowest BCUT2D eigenvalue weighted by Gasteiger charge is -2.06. The first kappa shape index (κ1) is 10.8. The molecule has 0 spiro atoms. The molecule has 0 aromatic heterocycles. The molecule has 3 heteroatoms. The molecule has 1 aromatic carbocycles. The van der Waals surface area contributed by atoms with Crippen LogP contribution >= 0.6 is 15.9 Å². The quantitative estimate of drug-likeness (QED) is 0.910. The van der Waals surface area contributed by atoms with E-state index in [1.165, 1.54) is 5.56 Å². The highest BCUT2D eigenvalue weighted by Crippen LogP contribution is 2.16. The zero-order valence-corrected chi connectivity index (χ0v) is 10.1. The van der Waals surface area contributed by atoms with E-state index >= 15 is 0 Å². The van der Waals surface area contributed by atoms with Gasteiger partial charge in [-0.3, -0.25) is 4.79 Å². The van der Waals surface area contributed by atoms with Crippen molar-refractivity contribution in [3.05, 3.63) is 34.3 Å². The summed E-state index contributed by atoms with van der Waals surface area (Å²) in [4.78, 5) is 11.4. The second-order valence-electron chi connectivity index (χ2n) is 3.96. The zero-order chi connectivity index (χ0) is 10.7. The van der Waals surface area contributed by atoms with Crippen LogP contribution in [0.15, 0.2) is 28.7 Å². The molecule has 1 heterocycles. The Hall–Kier alpha value is -0.670. The van der Waals surface area contributed by atoms with E-state index in [-0.39, 0.29) is 5.92 Å². The second-order valence-corrected chi connectivity index (χ2v) is 4.87. The highest BCUT2D eigenvalue weighted by Gasteiger charge is 2.23. The maximum absolute atomic E-state index is 11.4. The number of carbonyl (C=O) groups excluding carboxylic acids is 1. The number of aryl methyl sites for hydroxylation is 1. The molecule has 0 radical (unpaired) electrons. The van der Waals surface area contributed by atoms with E-state index in [1.807, 2.05) is 12.1 Å². The van der Waals surface area contributed by atoms with Gasteiger partial charge in [-0.15, -0.1) is 0 Å². The Morgan fingerprint density at radius 2 is 2.07 bits per heavy atom. The third kappa shape index (κ3) is 2.89. The molecule has 1 saturated heterocycles. The summed E-state index contributed by atoms with van der Waals surface area (Å²) in [6.07, 6.45) is 1.96. The standard InChI is InChI=1S/C12H14BrNO/c13-11-5-2-9(3-6-11)1-4-10-7-14-8-12(10)15/h2-3,5-6,10,14H,1,4,7-8H2. The summed E-state index contributed by atoms with van der Waals surface area (Å²) < 4.78 is 1.10. The second kappa shape index (κ2) is 4.90. The lowest BCUT2D eigenvalue weighted by atomic mass is 9.98. The average Bonchev–Trinajstić information content (AvgIpc) is 2.63. The van der Waals surface area contributed by atoms with Gasteiger partial charge in [0.1, 0.15) is 0 Å². The molecule has 80 valence electrons. The third-order valence-corrected chi connectivity index (χ3v) is 3.37. The van der Waals surface area contributed by atoms with Crippen LogP contribution in [0.4, 0.5) is 0 Å². The molecule has 1 aromatic rings. The Kier molecular flexibility index (Phi) is 3.54. The molecule has 2 nitrogen and oxygen atoms in total. The normalized spacial score (nSPS) is 20.9. The van der Waals surface area contributed by atoms with E-state index in [4.69, 9.17) is 0 Å². The monoisotopic (exact) mass is 267 g/mol. The van der Waals surface area contributed by atoms with Crippen molar-refractivity contribution in [3.8, 4) is 0 Å². The minimum Gasteiger partial charge on any atom is -0.309 e. The first-order valence-electron chi connectivity index (χ1n) is 5.23. The van der Waals surface area contributed by atoms with Crippen molar-refractivity contribution >= 4 is 21.7 Å². The van der Waals surface area contributed by atoms with Gasteiger partial charge in [0.05, 0.1) is 6.54 Å². The van der Waals surface area contributed by atoms with Crippen molar-refractivity contribution in [2.24, 2.45) is 5.92 Å². The summed E-state index contributed by atoms with van der Waals surface area (Å²) in [5, 5.41) is 3.11. The summed E-state index contributed by atoms with van der Waals surface area (Å²) in [6, 6.07) is 8.31. The summed E-state index contributed by atoms with van der Waals surface area (Å²) in [6.45, 7) is 1.42. The number of hydrogen-bond acceptors (Lipinski definition) is 2. The molecule has 1 unspecified atom stereocenters. The maximum atomic E-state index is 11.4. The first-order chi connectivity index (χ1) is 7.25. The van der Waals surface area contributed by atoms with Gasteiger partial charge in [0.2, 0.25) is 0 Å². The number of benzene rings is 1. The Morgan fingerprint density at radius 3 is 2.67 bits per heavy atom. The van der Waals surface area contributed by atoms with Crippen LogP contribution in [-0.4, -0.2) is 18.9 Å². The molecule has 1 fully saturated rings. The van der Waals surface area contributed by atoms with Gasteiger partial charge in [-0.05, 0) is 30.5 Å². The molecule has 2 rings (SSSR count). The SMILES string of the molecule is O=C1CNCC1CCc1ccc(Br)cc1. The van der Waals surface area contributed by atoms with Crippen molar-refractivity contribution in [3.63, 3.8) is 0 Å². The van der Waals surface area contributed by atoms with Gasteiger partial charge in [0.15, 0.2) is 5.78 Å². The number of halogens is 1. The largest absolute Gasteiger partial charge is 0.309 e. The summed E-state index contributed by atoms with van der Waals surface area (Å²) in [7, 11) is 0. The van der Waals surface area contributed by atoms with Crippen LogP contribution in [0.2, 0.25) is 0 Å². The highest BCUT2D eigenvalue weighted by molar-refractivity contribution is 9.10. The molecule has 15 heavy (non-hydrogen) atoms. The van der Waals surface area contributed by atoms with E-state index in [2.05, 4.69) is 33.4 Å². The number of rotatable bonds is 3. The zero-order valence-electron chi connectivity index (χ0n) is 8.50. The fourth-order valence-electron chi connectivity index (χ4n) is 1.88. The third-order valence-electron chi connectivity index (χ3n) is 2.84. The number of nitrogens with one attached hydrogen (secondary N) is 1. The predicted octanol–water partition coefficient (Wildman–Crippen LogP) is 2.17. The first-order valence-corrected chi connectivity index (χ1v) is 6.03. The predicted molar refractivity (Wildman–Crippen MR) is 63.8 cm³/mol. The van der Waals surface area contributed by atoms with Crippen molar-refractivity contribution in [2.45, 2.75) is 12.8 Å².